The number of aliphatic hydroxyl groups excluding tert-OH is 1. The van der Waals surface area contributed by atoms with E-state index in [9.17, 15) is 9.59 Å². The molecular formula is C13H18N2O4. The van der Waals surface area contributed by atoms with Crippen LogP contribution in [0, 0.1) is 0 Å². The number of amides is 2. The molecule has 0 fully saturated rings. The number of hydrogen-bond donors (Lipinski definition) is 3. The van der Waals surface area contributed by atoms with Crippen LogP contribution in [-0.4, -0.2) is 36.4 Å². The molecule has 3 N–H and O–H groups in total. The third kappa shape index (κ3) is 5.39. The lowest BCUT2D eigenvalue weighted by Gasteiger charge is -2.10. The summed E-state index contributed by atoms with van der Waals surface area (Å²) in [5, 5.41) is 13.8. The van der Waals surface area contributed by atoms with Gasteiger partial charge < -0.3 is 15.2 Å². The zero-order chi connectivity index (χ0) is 14.3. The minimum Gasteiger partial charge on any atom is -0.447 e. The fourth-order valence-electron chi connectivity index (χ4n) is 1.38. The van der Waals surface area contributed by atoms with Crippen molar-refractivity contribution in [3.63, 3.8) is 0 Å². The van der Waals surface area contributed by atoms with Crippen molar-refractivity contribution in [1.82, 2.24) is 5.32 Å². The van der Waals surface area contributed by atoms with Gasteiger partial charge in [0.25, 0.3) is 5.91 Å². The van der Waals surface area contributed by atoms with Crippen LogP contribution in [0.4, 0.5) is 10.5 Å². The number of nitrogens with one attached hydrogen (secondary N) is 2. The van der Waals surface area contributed by atoms with E-state index in [0.717, 1.165) is 0 Å². The van der Waals surface area contributed by atoms with Gasteiger partial charge in [0.05, 0.1) is 6.61 Å². The second-order valence-corrected chi connectivity index (χ2v) is 4.19. The average Bonchev–Trinajstić information content (AvgIpc) is 2.36. The third-order valence-corrected chi connectivity index (χ3v) is 2.12. The molecule has 0 spiro atoms. The van der Waals surface area contributed by atoms with Gasteiger partial charge in [-0.3, -0.25) is 10.1 Å². The first kappa shape index (κ1) is 15.0. The molecule has 0 saturated heterocycles. The maximum Gasteiger partial charge on any atom is 0.411 e. The summed E-state index contributed by atoms with van der Waals surface area (Å²) in [5.41, 5.74) is 0.910. The van der Waals surface area contributed by atoms with Gasteiger partial charge in [-0.15, -0.1) is 0 Å². The highest BCUT2D eigenvalue weighted by atomic mass is 16.6. The van der Waals surface area contributed by atoms with E-state index in [-0.39, 0.29) is 25.2 Å². The van der Waals surface area contributed by atoms with Crippen LogP contribution in [0.5, 0.6) is 0 Å². The Bertz CT molecular complexity index is 446. The molecule has 6 nitrogen and oxygen atoms in total. The number of ether oxygens (including phenoxy) is 1. The molecule has 1 aromatic rings. The van der Waals surface area contributed by atoms with E-state index in [1.54, 1.807) is 24.3 Å². The van der Waals surface area contributed by atoms with Crippen molar-refractivity contribution in [2.45, 2.75) is 19.9 Å². The third-order valence-electron chi connectivity index (χ3n) is 2.12. The average molecular weight is 266 g/mol. The summed E-state index contributed by atoms with van der Waals surface area (Å²) in [5.74, 6) is -0.206. The number of anilines is 1. The summed E-state index contributed by atoms with van der Waals surface area (Å²) >= 11 is 0. The molecule has 0 aliphatic heterocycles. The van der Waals surface area contributed by atoms with Gasteiger partial charge in [0, 0.05) is 17.3 Å². The Balaban J connectivity index is 2.66. The molecule has 0 unspecified atom stereocenters. The highest BCUT2D eigenvalue weighted by molar-refractivity contribution is 5.96. The molecule has 0 radical (unpaired) electrons. The monoisotopic (exact) mass is 266 g/mol. The summed E-state index contributed by atoms with van der Waals surface area (Å²) in [6.45, 7) is 3.43. The van der Waals surface area contributed by atoms with E-state index >= 15 is 0 Å². The summed E-state index contributed by atoms with van der Waals surface area (Å²) in [6, 6.07) is 6.56. The number of benzene rings is 1. The lowest BCUT2D eigenvalue weighted by molar-refractivity contribution is 0.0943. The first-order valence-electron chi connectivity index (χ1n) is 5.98. The van der Waals surface area contributed by atoms with Gasteiger partial charge in [-0.1, -0.05) is 6.07 Å². The number of aliphatic hydroxyl groups is 1. The quantitative estimate of drug-likeness (QED) is 0.751. The Hall–Kier alpha value is -2.08. The molecule has 104 valence electrons. The van der Waals surface area contributed by atoms with Crippen molar-refractivity contribution in [1.29, 1.82) is 0 Å². The van der Waals surface area contributed by atoms with Crippen molar-refractivity contribution in [3.8, 4) is 0 Å². The number of carbonyl (C=O) groups excluding carboxylic acids is 2. The maximum atomic E-state index is 11.8. The van der Waals surface area contributed by atoms with Crippen molar-refractivity contribution in [2.75, 3.05) is 18.5 Å². The first-order valence-corrected chi connectivity index (χ1v) is 5.98. The zero-order valence-electron chi connectivity index (χ0n) is 11.0. The Morgan fingerprint density at radius 1 is 1.37 bits per heavy atom. The molecule has 1 aromatic carbocycles. The van der Waals surface area contributed by atoms with Crippen LogP contribution in [0.3, 0.4) is 0 Å². The lowest BCUT2D eigenvalue weighted by Crippen LogP contribution is -2.30. The molecule has 6 heteroatoms. The molecule has 0 atom stereocenters. The Morgan fingerprint density at radius 3 is 2.74 bits per heavy atom. The first-order chi connectivity index (χ1) is 9.02. The predicted molar refractivity (Wildman–Crippen MR) is 71.1 cm³/mol. The minimum absolute atomic E-state index is 0.0404. The van der Waals surface area contributed by atoms with Gasteiger partial charge in [0.2, 0.25) is 0 Å². The predicted octanol–water partition coefficient (Wildman–Crippen LogP) is 1.37. The van der Waals surface area contributed by atoms with E-state index in [1.165, 1.54) is 0 Å². The van der Waals surface area contributed by atoms with Gasteiger partial charge in [-0.2, -0.15) is 0 Å². The molecule has 0 aliphatic rings. The van der Waals surface area contributed by atoms with Crippen LogP contribution < -0.4 is 10.6 Å². The van der Waals surface area contributed by atoms with E-state index in [2.05, 4.69) is 15.4 Å². The molecule has 0 bridgehead atoms. The molecule has 0 aromatic heterocycles. The van der Waals surface area contributed by atoms with Crippen LogP contribution >= 0.6 is 0 Å². The summed E-state index contributed by atoms with van der Waals surface area (Å²) < 4.78 is 4.66. The van der Waals surface area contributed by atoms with Gasteiger partial charge in [-0.25, -0.2) is 4.79 Å². The van der Waals surface area contributed by atoms with Gasteiger partial charge in [0.15, 0.2) is 0 Å². The highest BCUT2D eigenvalue weighted by Crippen LogP contribution is 2.11. The van der Waals surface area contributed by atoms with Crippen LogP contribution in [0.25, 0.3) is 0 Å². The standard InChI is InChI=1S/C13H18N2O4/c1-9(2)14-12(17)10-4-3-5-11(8-10)15-13(18)19-7-6-16/h3-5,8-9,16H,6-7H2,1-2H3,(H,14,17)(H,15,18). The lowest BCUT2D eigenvalue weighted by atomic mass is 10.2. The molecule has 19 heavy (non-hydrogen) atoms. The number of rotatable bonds is 5. The highest BCUT2D eigenvalue weighted by Gasteiger charge is 2.09. The molecule has 2 amide bonds. The molecule has 0 heterocycles. The van der Waals surface area contributed by atoms with Gasteiger partial charge in [-0.05, 0) is 32.0 Å². The summed E-state index contributed by atoms with van der Waals surface area (Å²) in [7, 11) is 0. The van der Waals surface area contributed by atoms with Crippen molar-refractivity contribution < 1.29 is 19.4 Å². The molecular weight excluding hydrogens is 248 g/mol. The van der Waals surface area contributed by atoms with Crippen LogP contribution in [0.2, 0.25) is 0 Å². The van der Waals surface area contributed by atoms with E-state index in [1.807, 2.05) is 13.8 Å². The zero-order valence-corrected chi connectivity index (χ0v) is 11.0. The SMILES string of the molecule is CC(C)NC(=O)c1cccc(NC(=O)OCCO)c1. The second-order valence-electron chi connectivity index (χ2n) is 4.19. The Labute approximate surface area is 111 Å². The summed E-state index contributed by atoms with van der Waals surface area (Å²) in [6.07, 6.45) is -0.671. The maximum absolute atomic E-state index is 11.8. The second kappa shape index (κ2) is 7.38. The fraction of sp³-hybridized carbons (Fsp3) is 0.385. The summed E-state index contributed by atoms with van der Waals surface area (Å²) in [4.78, 5) is 23.1. The van der Waals surface area contributed by atoms with Crippen molar-refractivity contribution >= 4 is 17.7 Å². The van der Waals surface area contributed by atoms with Gasteiger partial charge >= 0.3 is 6.09 Å². The van der Waals surface area contributed by atoms with Crippen LogP contribution in [0.15, 0.2) is 24.3 Å². The number of carbonyl (C=O) groups is 2. The number of hydrogen-bond acceptors (Lipinski definition) is 4. The minimum atomic E-state index is -0.671. The van der Waals surface area contributed by atoms with E-state index < -0.39 is 6.09 Å². The topological polar surface area (TPSA) is 87.7 Å². The van der Waals surface area contributed by atoms with Crippen molar-refractivity contribution in [2.24, 2.45) is 0 Å². The van der Waals surface area contributed by atoms with E-state index in [0.29, 0.717) is 11.3 Å². The smallest absolute Gasteiger partial charge is 0.411 e. The molecule has 1 rings (SSSR count). The van der Waals surface area contributed by atoms with Gasteiger partial charge in [0.1, 0.15) is 6.61 Å². The fourth-order valence-corrected chi connectivity index (χ4v) is 1.38. The van der Waals surface area contributed by atoms with E-state index in [4.69, 9.17) is 5.11 Å². The molecule has 0 aliphatic carbocycles. The normalized spacial score (nSPS) is 10.1. The molecule has 0 saturated carbocycles. The Morgan fingerprint density at radius 2 is 2.11 bits per heavy atom. The Kier molecular flexibility index (Phi) is 5.81. The van der Waals surface area contributed by atoms with Crippen LogP contribution in [-0.2, 0) is 4.74 Å². The van der Waals surface area contributed by atoms with Crippen molar-refractivity contribution in [3.05, 3.63) is 29.8 Å². The van der Waals surface area contributed by atoms with Crippen LogP contribution in [0.1, 0.15) is 24.2 Å². The largest absolute Gasteiger partial charge is 0.447 e.